The predicted molar refractivity (Wildman–Crippen MR) is 87.7 cm³/mol. The quantitative estimate of drug-likeness (QED) is 0.550. The van der Waals surface area contributed by atoms with Crippen LogP contribution in [-0.4, -0.2) is 5.38 Å². The highest BCUT2D eigenvalue weighted by Gasteiger charge is 2.35. The van der Waals surface area contributed by atoms with Crippen LogP contribution in [0.5, 0.6) is 0 Å². The van der Waals surface area contributed by atoms with Crippen molar-refractivity contribution in [3.63, 3.8) is 0 Å². The second-order valence-electron chi connectivity index (χ2n) is 7.09. The summed E-state index contributed by atoms with van der Waals surface area (Å²) in [6.07, 6.45) is 4.08. The maximum atomic E-state index is 13.9. The molecule has 20 heavy (non-hydrogen) atoms. The van der Waals surface area contributed by atoms with Gasteiger partial charge in [0.1, 0.15) is 5.82 Å². The van der Waals surface area contributed by atoms with E-state index in [9.17, 15) is 4.39 Å². The van der Waals surface area contributed by atoms with Gasteiger partial charge >= 0.3 is 0 Å². The number of hydrogen-bond acceptors (Lipinski definition) is 0. The van der Waals surface area contributed by atoms with Gasteiger partial charge in [0.2, 0.25) is 0 Å². The fourth-order valence-corrected chi connectivity index (χ4v) is 3.93. The lowest BCUT2D eigenvalue weighted by atomic mass is 9.68. The Balaban J connectivity index is 2.12. The van der Waals surface area contributed by atoms with Gasteiger partial charge in [-0.05, 0) is 66.7 Å². The minimum Gasteiger partial charge on any atom is -0.207 e. The summed E-state index contributed by atoms with van der Waals surface area (Å²) in [5.41, 5.74) is 1.09. The fourth-order valence-electron chi connectivity index (χ4n) is 3.21. The van der Waals surface area contributed by atoms with Crippen molar-refractivity contribution in [2.45, 2.75) is 51.8 Å². The lowest BCUT2D eigenvalue weighted by Gasteiger charge is -2.40. The molecule has 0 radical (unpaired) electrons. The van der Waals surface area contributed by atoms with E-state index in [1.165, 1.54) is 12.5 Å². The zero-order valence-corrected chi connectivity index (χ0v) is 14.8. The Morgan fingerprint density at radius 3 is 2.65 bits per heavy atom. The molecule has 1 aliphatic rings. The number of alkyl halides is 1. The normalized spacial score (nSPS) is 27.6. The highest BCUT2D eigenvalue weighted by Crippen LogP contribution is 2.43. The second kappa shape index (κ2) is 6.36. The summed E-state index contributed by atoms with van der Waals surface area (Å²) in [6.45, 7) is 6.88. The van der Waals surface area contributed by atoms with Gasteiger partial charge < -0.3 is 0 Å². The molecule has 3 unspecified atom stereocenters. The molecule has 0 aromatic heterocycles. The van der Waals surface area contributed by atoms with Crippen LogP contribution in [0.4, 0.5) is 4.39 Å². The fraction of sp³-hybridized carbons (Fsp3) is 0.647. The van der Waals surface area contributed by atoms with Crippen LogP contribution < -0.4 is 0 Å². The standard InChI is InChI=1S/C17H23BrClF/c1-17(2,3)13-4-6-15(19)11(9-13)8-12-10-14(18)5-7-16(12)20/h5,7,10-11,13,15H,4,6,8-9H2,1-3H3. The highest BCUT2D eigenvalue weighted by molar-refractivity contribution is 9.10. The Bertz CT molecular complexity index is 467. The average Bonchev–Trinajstić information content (AvgIpc) is 2.35. The van der Waals surface area contributed by atoms with E-state index in [-0.39, 0.29) is 11.2 Å². The van der Waals surface area contributed by atoms with Crippen LogP contribution in [0.15, 0.2) is 22.7 Å². The number of halogens is 3. The minimum absolute atomic E-state index is 0.116. The maximum absolute atomic E-state index is 13.9. The molecule has 0 saturated heterocycles. The summed E-state index contributed by atoms with van der Waals surface area (Å²) < 4.78 is 14.9. The lowest BCUT2D eigenvalue weighted by Crippen LogP contribution is -2.33. The largest absolute Gasteiger partial charge is 0.207 e. The van der Waals surface area contributed by atoms with Crippen LogP contribution in [0, 0.1) is 23.1 Å². The lowest BCUT2D eigenvalue weighted by molar-refractivity contribution is 0.143. The minimum atomic E-state index is -0.116. The third-order valence-electron chi connectivity index (χ3n) is 4.60. The zero-order chi connectivity index (χ0) is 14.9. The van der Waals surface area contributed by atoms with E-state index in [0.717, 1.165) is 29.3 Å². The predicted octanol–water partition coefficient (Wildman–Crippen LogP) is 6.20. The molecule has 2 rings (SSSR count). The first kappa shape index (κ1) is 16.3. The molecule has 1 aromatic rings. The van der Waals surface area contributed by atoms with Gasteiger partial charge in [0, 0.05) is 9.85 Å². The molecule has 0 bridgehead atoms. The summed E-state index contributed by atoms with van der Waals surface area (Å²) in [5.74, 6) is 0.936. The summed E-state index contributed by atoms with van der Waals surface area (Å²) >= 11 is 9.93. The van der Waals surface area contributed by atoms with Crippen LogP contribution in [-0.2, 0) is 6.42 Å². The van der Waals surface area contributed by atoms with Crippen molar-refractivity contribution in [3.8, 4) is 0 Å². The van der Waals surface area contributed by atoms with E-state index in [4.69, 9.17) is 11.6 Å². The van der Waals surface area contributed by atoms with Gasteiger partial charge in [0.15, 0.2) is 0 Å². The van der Waals surface area contributed by atoms with E-state index in [1.807, 2.05) is 6.07 Å². The molecule has 3 atom stereocenters. The smallest absolute Gasteiger partial charge is 0.126 e. The second-order valence-corrected chi connectivity index (χ2v) is 8.57. The van der Waals surface area contributed by atoms with Crippen LogP contribution in [0.2, 0.25) is 0 Å². The van der Waals surface area contributed by atoms with Gasteiger partial charge in [-0.2, -0.15) is 0 Å². The maximum Gasteiger partial charge on any atom is 0.126 e. The SMILES string of the molecule is CC(C)(C)C1CCC(Cl)C(Cc2cc(Br)ccc2F)C1. The molecule has 0 aliphatic heterocycles. The molecule has 0 N–H and O–H groups in total. The molecule has 0 spiro atoms. The summed E-state index contributed by atoms with van der Waals surface area (Å²) in [6, 6.07) is 5.17. The summed E-state index contributed by atoms with van der Waals surface area (Å²) in [5, 5.41) is 0.173. The van der Waals surface area contributed by atoms with E-state index in [1.54, 1.807) is 6.07 Å². The Hall–Kier alpha value is -0.0800. The molecule has 1 aliphatic carbocycles. The van der Waals surface area contributed by atoms with Crippen molar-refractivity contribution in [1.29, 1.82) is 0 Å². The Morgan fingerprint density at radius 1 is 1.30 bits per heavy atom. The molecule has 112 valence electrons. The van der Waals surface area contributed by atoms with E-state index < -0.39 is 0 Å². The zero-order valence-electron chi connectivity index (χ0n) is 12.4. The van der Waals surface area contributed by atoms with Crippen molar-refractivity contribution >= 4 is 27.5 Å². The van der Waals surface area contributed by atoms with Crippen molar-refractivity contribution in [1.82, 2.24) is 0 Å². The van der Waals surface area contributed by atoms with Crippen LogP contribution in [0.1, 0.15) is 45.6 Å². The molecule has 3 heteroatoms. The summed E-state index contributed by atoms with van der Waals surface area (Å²) in [7, 11) is 0. The number of rotatable bonds is 2. The van der Waals surface area contributed by atoms with E-state index in [2.05, 4.69) is 36.7 Å². The topological polar surface area (TPSA) is 0 Å². The van der Waals surface area contributed by atoms with Gasteiger partial charge in [-0.25, -0.2) is 4.39 Å². The number of benzene rings is 1. The van der Waals surface area contributed by atoms with Gasteiger partial charge in [-0.15, -0.1) is 11.6 Å². The monoisotopic (exact) mass is 360 g/mol. The van der Waals surface area contributed by atoms with Gasteiger partial charge in [-0.1, -0.05) is 36.7 Å². The van der Waals surface area contributed by atoms with Crippen molar-refractivity contribution < 1.29 is 4.39 Å². The van der Waals surface area contributed by atoms with Gasteiger partial charge in [-0.3, -0.25) is 0 Å². The van der Waals surface area contributed by atoms with Crippen LogP contribution >= 0.6 is 27.5 Å². The third kappa shape index (κ3) is 3.98. The molecule has 0 heterocycles. The van der Waals surface area contributed by atoms with Crippen molar-refractivity contribution in [2.75, 3.05) is 0 Å². The van der Waals surface area contributed by atoms with Gasteiger partial charge in [0.05, 0.1) is 0 Å². The number of hydrogen-bond donors (Lipinski definition) is 0. The molecule has 0 nitrogen and oxygen atoms in total. The molecule has 1 saturated carbocycles. The first-order valence-corrected chi connectivity index (χ1v) is 8.58. The Morgan fingerprint density at radius 2 is 2.00 bits per heavy atom. The van der Waals surface area contributed by atoms with Crippen molar-refractivity contribution in [2.24, 2.45) is 17.3 Å². The summed E-state index contributed by atoms with van der Waals surface area (Å²) in [4.78, 5) is 0. The van der Waals surface area contributed by atoms with Gasteiger partial charge in [0.25, 0.3) is 0 Å². The molecular formula is C17H23BrClF. The van der Waals surface area contributed by atoms with E-state index in [0.29, 0.717) is 17.3 Å². The molecule has 1 aromatic carbocycles. The molecule has 1 fully saturated rings. The third-order valence-corrected chi connectivity index (χ3v) is 5.67. The van der Waals surface area contributed by atoms with E-state index >= 15 is 0 Å². The first-order chi connectivity index (χ1) is 9.27. The Kier molecular flexibility index (Phi) is 5.18. The van der Waals surface area contributed by atoms with Crippen molar-refractivity contribution in [3.05, 3.63) is 34.1 Å². The van der Waals surface area contributed by atoms with Crippen LogP contribution in [0.3, 0.4) is 0 Å². The average molecular weight is 362 g/mol. The Labute approximate surface area is 135 Å². The molecule has 0 amide bonds. The first-order valence-electron chi connectivity index (χ1n) is 7.35. The molecular weight excluding hydrogens is 339 g/mol. The highest BCUT2D eigenvalue weighted by atomic mass is 79.9. The van der Waals surface area contributed by atoms with Crippen LogP contribution in [0.25, 0.3) is 0 Å².